The number of carbonyl (C=O) groups excluding carboxylic acids is 2. The average Bonchev–Trinajstić information content (AvgIpc) is 3.05. The predicted octanol–water partition coefficient (Wildman–Crippen LogP) is 7.97. The Kier molecular flexibility index (Phi) is 13.0. The van der Waals surface area contributed by atoms with Crippen LogP contribution in [-0.4, -0.2) is 56.2 Å². The van der Waals surface area contributed by atoms with Gasteiger partial charge < -0.3 is 35.1 Å². The number of methoxy groups -OCH3 is 1. The van der Waals surface area contributed by atoms with Crippen molar-refractivity contribution in [2.45, 2.75) is 64.9 Å². The van der Waals surface area contributed by atoms with Crippen molar-refractivity contribution in [3.63, 3.8) is 0 Å². The Hall–Kier alpha value is -4.38. The Morgan fingerprint density at radius 3 is 2.24 bits per heavy atom. The van der Waals surface area contributed by atoms with Crippen LogP contribution in [0.5, 0.6) is 23.0 Å². The van der Waals surface area contributed by atoms with E-state index in [0.29, 0.717) is 35.2 Å². The van der Waals surface area contributed by atoms with E-state index in [9.17, 15) is 18.4 Å². The maximum Gasteiger partial charge on any atom is 0.319 e. The van der Waals surface area contributed by atoms with Crippen LogP contribution in [0, 0.1) is 11.6 Å². The Balaban J connectivity index is 1.31. The highest BCUT2D eigenvalue weighted by molar-refractivity contribution is 6.04. The highest BCUT2D eigenvalue weighted by atomic mass is 19.1. The van der Waals surface area contributed by atoms with Crippen LogP contribution in [0.3, 0.4) is 0 Å². The van der Waals surface area contributed by atoms with Crippen LogP contribution >= 0.6 is 0 Å². The van der Waals surface area contributed by atoms with E-state index >= 15 is 0 Å². The van der Waals surface area contributed by atoms with Gasteiger partial charge in [-0.1, -0.05) is 33.1 Å². The summed E-state index contributed by atoms with van der Waals surface area (Å²) in [7, 11) is 1.49. The molecule has 248 valence electrons. The number of nitrogens with zero attached hydrogens (tertiary/aromatic N) is 1. The highest BCUT2D eigenvalue weighted by Gasteiger charge is 2.23. The summed E-state index contributed by atoms with van der Waals surface area (Å²) in [5.74, 6) is -1.37. The summed E-state index contributed by atoms with van der Waals surface area (Å²) < 4.78 is 47.0. The fraction of sp³-hybridized carbons (Fsp3) is 0.429. The molecule has 1 fully saturated rings. The molecule has 3 aromatic carbocycles. The van der Waals surface area contributed by atoms with Crippen LogP contribution in [-0.2, 0) is 0 Å². The molecule has 0 aliphatic carbocycles. The van der Waals surface area contributed by atoms with Crippen LogP contribution in [0.25, 0.3) is 0 Å². The van der Waals surface area contributed by atoms with Crippen LogP contribution < -0.4 is 30.2 Å². The maximum absolute atomic E-state index is 14.9. The number of urea groups is 1. The minimum atomic E-state index is -0.867. The molecule has 0 bridgehead atoms. The molecule has 3 aromatic rings. The number of nitrogens with one attached hydrogen (secondary N) is 3. The second-order valence-corrected chi connectivity index (χ2v) is 11.3. The zero-order chi connectivity index (χ0) is 32.9. The molecule has 1 heterocycles. The van der Waals surface area contributed by atoms with Crippen LogP contribution in [0.2, 0.25) is 0 Å². The van der Waals surface area contributed by atoms with Gasteiger partial charge in [-0.3, -0.25) is 4.79 Å². The van der Waals surface area contributed by atoms with Gasteiger partial charge in [0.25, 0.3) is 5.91 Å². The minimum absolute atomic E-state index is 0.188. The topological polar surface area (TPSA) is 101 Å². The molecule has 11 heteroatoms. The normalized spacial score (nSPS) is 13.6. The van der Waals surface area contributed by atoms with Gasteiger partial charge in [0.1, 0.15) is 17.7 Å². The van der Waals surface area contributed by atoms with Gasteiger partial charge in [-0.15, -0.1) is 0 Å². The van der Waals surface area contributed by atoms with Crippen molar-refractivity contribution in [1.29, 1.82) is 0 Å². The number of halogens is 2. The van der Waals surface area contributed by atoms with Gasteiger partial charge in [-0.2, -0.15) is 0 Å². The number of amides is 3. The number of ether oxygens (including phenoxy) is 3. The fourth-order valence-corrected chi connectivity index (χ4v) is 5.12. The summed E-state index contributed by atoms with van der Waals surface area (Å²) in [6, 6.07) is 12.9. The van der Waals surface area contributed by atoms with Crippen LogP contribution in [0.15, 0.2) is 54.6 Å². The monoisotopic (exact) mass is 638 g/mol. The summed E-state index contributed by atoms with van der Waals surface area (Å²) in [5.41, 5.74) is 0.484. The molecule has 0 spiro atoms. The van der Waals surface area contributed by atoms with Crippen molar-refractivity contribution >= 4 is 23.3 Å². The number of benzene rings is 3. The molecular formula is C35H44F2N4O5. The smallest absolute Gasteiger partial charge is 0.319 e. The molecule has 46 heavy (non-hydrogen) atoms. The summed E-state index contributed by atoms with van der Waals surface area (Å²) in [5, 5.41) is 8.18. The van der Waals surface area contributed by atoms with Crippen molar-refractivity contribution < 1.29 is 32.6 Å². The van der Waals surface area contributed by atoms with Crippen molar-refractivity contribution in [3.05, 3.63) is 71.8 Å². The first-order chi connectivity index (χ1) is 22.3. The molecule has 0 saturated carbocycles. The number of carbonyl (C=O) groups is 2. The third-order valence-corrected chi connectivity index (χ3v) is 7.75. The Labute approximate surface area is 269 Å². The molecule has 1 aliphatic heterocycles. The first kappa shape index (κ1) is 34.5. The Morgan fingerprint density at radius 2 is 1.54 bits per heavy atom. The summed E-state index contributed by atoms with van der Waals surface area (Å²) in [6.45, 7) is 7.60. The van der Waals surface area contributed by atoms with Crippen LogP contribution in [0.1, 0.15) is 69.2 Å². The Morgan fingerprint density at radius 1 is 0.826 bits per heavy atom. The van der Waals surface area contributed by atoms with E-state index in [1.165, 1.54) is 7.11 Å². The summed E-state index contributed by atoms with van der Waals surface area (Å²) in [6.07, 6.45) is 6.58. The molecule has 0 aromatic heterocycles. The molecule has 1 aliphatic rings. The second kappa shape index (κ2) is 17.4. The van der Waals surface area contributed by atoms with E-state index in [-0.39, 0.29) is 17.9 Å². The molecule has 0 unspecified atom stereocenters. The van der Waals surface area contributed by atoms with Crippen molar-refractivity contribution in [1.82, 2.24) is 10.2 Å². The van der Waals surface area contributed by atoms with Gasteiger partial charge >= 0.3 is 6.03 Å². The van der Waals surface area contributed by atoms with Gasteiger partial charge in [0.2, 0.25) is 0 Å². The number of piperidine rings is 1. The van der Waals surface area contributed by atoms with Gasteiger partial charge in [0, 0.05) is 43.1 Å². The first-order valence-electron chi connectivity index (χ1n) is 16.0. The number of anilines is 2. The van der Waals surface area contributed by atoms with Gasteiger partial charge in [0.05, 0.1) is 12.7 Å². The van der Waals surface area contributed by atoms with E-state index < -0.39 is 23.1 Å². The number of likely N-dealkylation sites (tertiary alicyclic amines) is 1. The third kappa shape index (κ3) is 10.1. The standard InChI is InChI=1S/C35H44F2N4O5/c1-4-6-8-17-38-35(43)40-25-11-14-31(33(21-25)44-3)45-26-12-9-24(10-13-26)39-34(42)28-22-30(37)32(23-29(28)36)46-27-15-19-41(20-16-27)18-7-5-2/h9-14,21-23,27H,4-8,15-20H2,1-3H3,(H,39,42)(H2,38,40,43). The molecule has 1 saturated heterocycles. The SMILES string of the molecule is CCCCCNC(=O)Nc1ccc(Oc2ccc(NC(=O)c3cc(F)c(OC4CCN(CCCC)CC4)cc3F)cc2)c(OC)c1. The fourth-order valence-electron chi connectivity index (χ4n) is 5.12. The largest absolute Gasteiger partial charge is 0.493 e. The molecule has 0 atom stereocenters. The Bertz CT molecular complexity index is 1450. The lowest BCUT2D eigenvalue weighted by atomic mass is 10.1. The number of rotatable bonds is 15. The van der Waals surface area contributed by atoms with E-state index in [1.54, 1.807) is 42.5 Å². The van der Waals surface area contributed by atoms with Crippen molar-refractivity contribution in [2.75, 3.05) is 43.9 Å². The molecule has 4 rings (SSSR count). The van der Waals surface area contributed by atoms with Crippen LogP contribution in [0.4, 0.5) is 25.0 Å². The molecule has 3 amide bonds. The summed E-state index contributed by atoms with van der Waals surface area (Å²) in [4.78, 5) is 27.3. The lowest BCUT2D eigenvalue weighted by Gasteiger charge is -2.32. The minimum Gasteiger partial charge on any atom is -0.493 e. The highest BCUT2D eigenvalue weighted by Crippen LogP contribution is 2.34. The van der Waals surface area contributed by atoms with Gasteiger partial charge in [-0.25, -0.2) is 13.6 Å². The predicted molar refractivity (Wildman–Crippen MR) is 175 cm³/mol. The number of hydrogen-bond donors (Lipinski definition) is 3. The van der Waals surface area contributed by atoms with Crippen molar-refractivity contribution in [2.24, 2.45) is 0 Å². The van der Waals surface area contributed by atoms with E-state index in [2.05, 4.69) is 34.7 Å². The van der Waals surface area contributed by atoms with E-state index in [1.807, 2.05) is 0 Å². The lowest BCUT2D eigenvalue weighted by Crippen LogP contribution is -2.38. The van der Waals surface area contributed by atoms with Gasteiger partial charge in [-0.05, 0) is 74.7 Å². The van der Waals surface area contributed by atoms with Crippen molar-refractivity contribution in [3.8, 4) is 23.0 Å². The summed E-state index contributed by atoms with van der Waals surface area (Å²) >= 11 is 0. The molecular weight excluding hydrogens is 594 g/mol. The molecule has 3 N–H and O–H groups in total. The van der Waals surface area contributed by atoms with E-state index in [4.69, 9.17) is 14.2 Å². The van der Waals surface area contributed by atoms with Gasteiger partial charge in [0.15, 0.2) is 23.1 Å². The quantitative estimate of drug-likeness (QED) is 0.146. The van der Waals surface area contributed by atoms with E-state index in [0.717, 1.165) is 76.7 Å². The number of unbranched alkanes of at least 4 members (excludes halogenated alkanes) is 3. The number of hydrogen-bond acceptors (Lipinski definition) is 6. The second-order valence-electron chi connectivity index (χ2n) is 11.3. The zero-order valence-electron chi connectivity index (χ0n) is 26.8. The molecule has 0 radical (unpaired) electrons. The maximum atomic E-state index is 14.9. The average molecular weight is 639 g/mol. The first-order valence-corrected chi connectivity index (χ1v) is 16.0. The third-order valence-electron chi connectivity index (χ3n) is 7.75. The lowest BCUT2D eigenvalue weighted by molar-refractivity contribution is 0.0958. The molecule has 9 nitrogen and oxygen atoms in total. The zero-order valence-corrected chi connectivity index (χ0v) is 26.8.